The Balaban J connectivity index is 1.31. The molecule has 2 bridgehead atoms. The number of carbonyl (C=O) groups excluding carboxylic acids is 1. The number of carbonyl (C=O) groups is 1. The van der Waals surface area contributed by atoms with Gasteiger partial charge in [-0.1, -0.05) is 0 Å². The molecule has 7 heteroatoms. The van der Waals surface area contributed by atoms with Crippen molar-refractivity contribution >= 4 is 11.7 Å². The molecule has 1 unspecified atom stereocenters. The number of piperidine rings is 3. The van der Waals surface area contributed by atoms with E-state index in [1.54, 1.807) is 11.0 Å². The Hall–Kier alpha value is -1.86. The van der Waals surface area contributed by atoms with Crippen molar-refractivity contribution in [2.45, 2.75) is 18.9 Å². The molecule has 1 atom stereocenters. The Morgan fingerprint density at radius 2 is 1.88 bits per heavy atom. The maximum Gasteiger partial charge on any atom is 0.322 e. The molecule has 4 fully saturated rings. The van der Waals surface area contributed by atoms with Crippen LogP contribution in [0.4, 0.5) is 14.9 Å². The summed E-state index contributed by atoms with van der Waals surface area (Å²) in [4.78, 5) is 19.4. The SMILES string of the molecule is COc1ccc(NC(=O)N2CCN(C3CN4CCC3CC4)CC2)c(F)c1. The molecule has 26 heavy (non-hydrogen) atoms. The van der Waals surface area contributed by atoms with E-state index in [0.29, 0.717) is 24.9 Å². The van der Waals surface area contributed by atoms with Gasteiger partial charge in [0.15, 0.2) is 0 Å². The third kappa shape index (κ3) is 3.50. The fourth-order valence-electron chi connectivity index (χ4n) is 4.52. The zero-order valence-corrected chi connectivity index (χ0v) is 15.3. The Bertz CT molecular complexity index is 655. The summed E-state index contributed by atoms with van der Waals surface area (Å²) in [7, 11) is 1.49. The average Bonchev–Trinajstić information content (AvgIpc) is 2.70. The molecule has 0 aliphatic carbocycles. The Morgan fingerprint density at radius 1 is 1.15 bits per heavy atom. The van der Waals surface area contributed by atoms with Crippen LogP contribution in [0.1, 0.15) is 12.8 Å². The number of fused-ring (bicyclic) bond motifs is 3. The maximum atomic E-state index is 14.0. The van der Waals surface area contributed by atoms with Gasteiger partial charge in [-0.3, -0.25) is 4.90 Å². The van der Waals surface area contributed by atoms with E-state index >= 15 is 0 Å². The molecular weight excluding hydrogens is 335 g/mol. The minimum Gasteiger partial charge on any atom is -0.497 e. The van der Waals surface area contributed by atoms with Gasteiger partial charge >= 0.3 is 6.03 Å². The van der Waals surface area contributed by atoms with Crippen LogP contribution in [-0.2, 0) is 0 Å². The third-order valence-electron chi connectivity index (χ3n) is 6.11. The number of piperazine rings is 1. The van der Waals surface area contributed by atoms with Gasteiger partial charge in [0.2, 0.25) is 0 Å². The molecule has 6 nitrogen and oxygen atoms in total. The second kappa shape index (κ2) is 7.40. The van der Waals surface area contributed by atoms with E-state index in [1.165, 1.54) is 51.7 Å². The van der Waals surface area contributed by atoms with Crippen molar-refractivity contribution in [3.05, 3.63) is 24.0 Å². The van der Waals surface area contributed by atoms with Crippen LogP contribution in [0.5, 0.6) is 5.75 Å². The number of amides is 2. The van der Waals surface area contributed by atoms with Crippen LogP contribution in [0.2, 0.25) is 0 Å². The summed E-state index contributed by atoms with van der Waals surface area (Å²) in [6.45, 7) is 6.84. The minimum absolute atomic E-state index is 0.190. The lowest BCUT2D eigenvalue weighted by molar-refractivity contribution is -0.00971. The molecule has 4 heterocycles. The van der Waals surface area contributed by atoms with Crippen LogP contribution in [0.25, 0.3) is 0 Å². The second-order valence-corrected chi connectivity index (χ2v) is 7.50. The number of hydrogen-bond acceptors (Lipinski definition) is 4. The van der Waals surface area contributed by atoms with Gasteiger partial charge in [0.1, 0.15) is 11.6 Å². The van der Waals surface area contributed by atoms with Crippen molar-refractivity contribution in [3.8, 4) is 5.75 Å². The predicted octanol–water partition coefficient (Wildman–Crippen LogP) is 2.08. The van der Waals surface area contributed by atoms with Crippen molar-refractivity contribution in [3.63, 3.8) is 0 Å². The first-order valence-corrected chi connectivity index (χ1v) is 9.50. The molecule has 4 aliphatic heterocycles. The highest BCUT2D eigenvalue weighted by Crippen LogP contribution is 2.31. The van der Waals surface area contributed by atoms with Crippen molar-refractivity contribution in [1.29, 1.82) is 0 Å². The van der Waals surface area contributed by atoms with Gasteiger partial charge in [-0.25, -0.2) is 9.18 Å². The summed E-state index contributed by atoms with van der Waals surface area (Å²) in [5.41, 5.74) is 0.190. The van der Waals surface area contributed by atoms with Crippen molar-refractivity contribution < 1.29 is 13.9 Å². The van der Waals surface area contributed by atoms with E-state index in [9.17, 15) is 9.18 Å². The number of methoxy groups -OCH3 is 1. The number of anilines is 1. The van der Waals surface area contributed by atoms with Crippen molar-refractivity contribution in [2.75, 3.05) is 58.2 Å². The van der Waals surface area contributed by atoms with E-state index in [-0.39, 0.29) is 11.7 Å². The molecule has 4 aliphatic rings. The Labute approximate surface area is 153 Å². The lowest BCUT2D eigenvalue weighted by atomic mass is 9.83. The third-order valence-corrected chi connectivity index (χ3v) is 6.11. The van der Waals surface area contributed by atoms with E-state index < -0.39 is 5.82 Å². The number of halogens is 1. The molecule has 2 amide bonds. The quantitative estimate of drug-likeness (QED) is 0.894. The highest BCUT2D eigenvalue weighted by atomic mass is 19.1. The molecule has 1 aromatic rings. The first-order valence-electron chi connectivity index (χ1n) is 9.50. The molecule has 0 spiro atoms. The Kier molecular flexibility index (Phi) is 5.00. The average molecular weight is 362 g/mol. The number of ether oxygens (including phenoxy) is 1. The van der Waals surface area contributed by atoms with Crippen LogP contribution in [0.15, 0.2) is 18.2 Å². The number of benzene rings is 1. The standard InChI is InChI=1S/C19H27FN4O2/c1-26-15-2-3-17(16(20)12-15)21-19(25)24-10-8-23(9-11-24)18-13-22-6-4-14(18)5-7-22/h2-3,12,14,18H,4-11,13H2,1H3,(H,21,25). The molecule has 1 aromatic carbocycles. The van der Waals surface area contributed by atoms with Gasteiger partial charge in [0.25, 0.3) is 0 Å². The van der Waals surface area contributed by atoms with Gasteiger partial charge < -0.3 is 19.9 Å². The predicted molar refractivity (Wildman–Crippen MR) is 98.1 cm³/mol. The lowest BCUT2D eigenvalue weighted by Gasteiger charge is -2.50. The number of rotatable bonds is 3. The van der Waals surface area contributed by atoms with Gasteiger partial charge in [-0.15, -0.1) is 0 Å². The van der Waals surface area contributed by atoms with Gasteiger partial charge in [0.05, 0.1) is 12.8 Å². The summed E-state index contributed by atoms with van der Waals surface area (Å²) in [5.74, 6) is 0.768. The summed E-state index contributed by atoms with van der Waals surface area (Å²) in [5, 5.41) is 2.68. The van der Waals surface area contributed by atoms with Gasteiger partial charge in [-0.2, -0.15) is 0 Å². The summed E-state index contributed by atoms with van der Waals surface area (Å²) < 4.78 is 19.0. The normalized spacial score (nSPS) is 28.8. The fraction of sp³-hybridized carbons (Fsp3) is 0.632. The van der Waals surface area contributed by atoms with Crippen molar-refractivity contribution in [2.24, 2.45) is 5.92 Å². The van der Waals surface area contributed by atoms with E-state index in [1.807, 2.05) is 0 Å². The first kappa shape index (κ1) is 17.5. The highest BCUT2D eigenvalue weighted by molar-refractivity contribution is 5.89. The molecule has 0 aromatic heterocycles. The molecule has 4 saturated heterocycles. The monoisotopic (exact) mass is 362 g/mol. The number of nitrogens with zero attached hydrogens (tertiary/aromatic N) is 3. The maximum absolute atomic E-state index is 14.0. The summed E-state index contributed by atoms with van der Waals surface area (Å²) in [6.07, 6.45) is 2.62. The molecule has 1 N–H and O–H groups in total. The fourth-order valence-corrected chi connectivity index (χ4v) is 4.52. The number of nitrogens with one attached hydrogen (secondary N) is 1. The van der Waals surface area contributed by atoms with Crippen LogP contribution >= 0.6 is 0 Å². The van der Waals surface area contributed by atoms with Crippen LogP contribution in [0, 0.1) is 11.7 Å². The van der Waals surface area contributed by atoms with Gasteiger partial charge in [-0.05, 0) is 44.0 Å². The molecule has 0 saturated carbocycles. The Morgan fingerprint density at radius 3 is 2.46 bits per heavy atom. The largest absolute Gasteiger partial charge is 0.497 e. The van der Waals surface area contributed by atoms with Crippen LogP contribution in [0.3, 0.4) is 0 Å². The van der Waals surface area contributed by atoms with Gasteiger partial charge in [0, 0.05) is 44.8 Å². The van der Waals surface area contributed by atoms with Crippen LogP contribution < -0.4 is 10.1 Å². The first-order chi connectivity index (χ1) is 12.6. The highest BCUT2D eigenvalue weighted by Gasteiger charge is 2.38. The van der Waals surface area contributed by atoms with E-state index in [4.69, 9.17) is 4.74 Å². The molecule has 0 radical (unpaired) electrons. The minimum atomic E-state index is -0.483. The second-order valence-electron chi connectivity index (χ2n) is 7.50. The zero-order chi connectivity index (χ0) is 18.1. The topological polar surface area (TPSA) is 48.1 Å². The van der Waals surface area contributed by atoms with E-state index in [2.05, 4.69) is 15.1 Å². The van der Waals surface area contributed by atoms with Crippen molar-refractivity contribution in [1.82, 2.24) is 14.7 Å². The smallest absolute Gasteiger partial charge is 0.322 e. The summed E-state index contributed by atoms with van der Waals surface area (Å²) >= 11 is 0. The number of hydrogen-bond donors (Lipinski definition) is 1. The zero-order valence-electron chi connectivity index (χ0n) is 15.3. The van der Waals surface area contributed by atoms with Crippen LogP contribution in [-0.4, -0.2) is 79.7 Å². The molecular formula is C19H27FN4O2. The van der Waals surface area contributed by atoms with E-state index in [0.717, 1.165) is 19.0 Å². The molecule has 5 rings (SSSR count). The lowest BCUT2D eigenvalue weighted by Crippen LogP contribution is -2.61. The summed E-state index contributed by atoms with van der Waals surface area (Å²) in [6, 6.07) is 4.87. The number of urea groups is 1. The molecule has 142 valence electrons.